The van der Waals surface area contributed by atoms with Gasteiger partial charge < -0.3 is 10.1 Å². The average Bonchev–Trinajstić information content (AvgIpc) is 3.10. The molecule has 2 atom stereocenters. The summed E-state index contributed by atoms with van der Waals surface area (Å²) in [6, 6.07) is 3.47. The molecule has 0 bridgehead atoms. The second-order valence-corrected chi connectivity index (χ2v) is 8.54. The van der Waals surface area contributed by atoms with Crippen molar-refractivity contribution in [3.63, 3.8) is 0 Å². The molecule has 21 heavy (non-hydrogen) atoms. The van der Waals surface area contributed by atoms with E-state index in [0.29, 0.717) is 10.8 Å². The van der Waals surface area contributed by atoms with Crippen LogP contribution in [0.1, 0.15) is 31.6 Å². The number of rotatable bonds is 8. The Morgan fingerprint density at radius 2 is 2.29 bits per heavy atom. The van der Waals surface area contributed by atoms with E-state index in [9.17, 15) is 8.42 Å². The van der Waals surface area contributed by atoms with Gasteiger partial charge in [-0.25, -0.2) is 13.1 Å². The number of ether oxygens (including phenoxy) is 1. The molecular formula is C14H24N2O3S2. The molecule has 1 saturated heterocycles. The Kier molecular flexibility index (Phi) is 6.19. The maximum Gasteiger partial charge on any atom is 0.250 e. The van der Waals surface area contributed by atoms with Crippen molar-refractivity contribution in [1.29, 1.82) is 0 Å². The van der Waals surface area contributed by atoms with Crippen LogP contribution in [0.2, 0.25) is 0 Å². The van der Waals surface area contributed by atoms with Crippen molar-refractivity contribution in [3.8, 4) is 0 Å². The lowest BCUT2D eigenvalue weighted by Gasteiger charge is -2.18. The Bertz CT molecular complexity index is 536. The molecule has 0 aliphatic carbocycles. The van der Waals surface area contributed by atoms with Crippen molar-refractivity contribution in [2.75, 3.05) is 19.8 Å². The van der Waals surface area contributed by atoms with Gasteiger partial charge in [0.2, 0.25) is 10.0 Å². The van der Waals surface area contributed by atoms with Crippen LogP contribution in [0.4, 0.5) is 0 Å². The number of hydrogen-bond donors (Lipinski definition) is 2. The molecule has 2 rings (SSSR count). The average molecular weight is 332 g/mol. The highest BCUT2D eigenvalue weighted by atomic mass is 32.2. The summed E-state index contributed by atoms with van der Waals surface area (Å²) in [4.78, 5) is 1.04. The molecule has 2 N–H and O–H groups in total. The molecule has 7 heteroatoms. The van der Waals surface area contributed by atoms with Crippen LogP contribution < -0.4 is 10.0 Å². The fraction of sp³-hybridized carbons (Fsp3) is 0.714. The van der Waals surface area contributed by atoms with Crippen molar-refractivity contribution in [3.05, 3.63) is 17.0 Å². The maximum atomic E-state index is 12.4. The fourth-order valence-electron chi connectivity index (χ4n) is 2.33. The first-order valence-corrected chi connectivity index (χ1v) is 9.72. The number of thiophene rings is 1. The predicted octanol–water partition coefficient (Wildman–Crippen LogP) is 1.95. The molecule has 0 aromatic carbocycles. The monoisotopic (exact) mass is 332 g/mol. The quantitative estimate of drug-likeness (QED) is 0.714. The van der Waals surface area contributed by atoms with Crippen molar-refractivity contribution in [2.45, 2.75) is 43.5 Å². The zero-order valence-corrected chi connectivity index (χ0v) is 14.2. The van der Waals surface area contributed by atoms with Crippen LogP contribution in [-0.2, 0) is 21.3 Å². The van der Waals surface area contributed by atoms with Gasteiger partial charge in [0.05, 0.1) is 6.61 Å². The van der Waals surface area contributed by atoms with E-state index in [0.717, 1.165) is 37.4 Å². The summed E-state index contributed by atoms with van der Waals surface area (Å²) in [5, 5.41) is 3.28. The van der Waals surface area contributed by atoms with Gasteiger partial charge >= 0.3 is 0 Å². The molecule has 1 aliphatic rings. The summed E-state index contributed by atoms with van der Waals surface area (Å²) in [5.74, 6) is 0.269. The van der Waals surface area contributed by atoms with Gasteiger partial charge in [0.1, 0.15) is 4.21 Å². The normalized spacial score (nSPS) is 20.8. The van der Waals surface area contributed by atoms with Crippen LogP contribution in [0.15, 0.2) is 16.3 Å². The van der Waals surface area contributed by atoms with E-state index in [1.807, 2.05) is 13.0 Å². The van der Waals surface area contributed by atoms with Gasteiger partial charge in [-0.3, -0.25) is 0 Å². The Hall–Kier alpha value is -0.470. The van der Waals surface area contributed by atoms with E-state index >= 15 is 0 Å². The second kappa shape index (κ2) is 7.69. The van der Waals surface area contributed by atoms with Crippen LogP contribution in [0, 0.1) is 5.92 Å². The zero-order chi connectivity index (χ0) is 15.3. The molecule has 0 radical (unpaired) electrons. The molecule has 0 spiro atoms. The van der Waals surface area contributed by atoms with E-state index in [1.165, 1.54) is 11.3 Å². The van der Waals surface area contributed by atoms with Gasteiger partial charge in [-0.2, -0.15) is 0 Å². The summed E-state index contributed by atoms with van der Waals surface area (Å²) in [7, 11) is -3.42. The molecule has 1 aromatic heterocycles. The molecule has 2 unspecified atom stereocenters. The van der Waals surface area contributed by atoms with E-state index in [4.69, 9.17) is 4.74 Å². The lowest BCUT2D eigenvalue weighted by Crippen LogP contribution is -2.38. The van der Waals surface area contributed by atoms with Crippen LogP contribution in [-0.4, -0.2) is 34.2 Å². The Morgan fingerprint density at radius 3 is 2.95 bits per heavy atom. The molecule has 1 aliphatic heterocycles. The number of hydrogen-bond acceptors (Lipinski definition) is 5. The lowest BCUT2D eigenvalue weighted by molar-refractivity contribution is 0.180. The standard InChI is InChI=1S/C14H24N2O3S2/c1-3-7-15-9-13-4-5-14(20-13)21(17,18)16-11(2)12-6-8-19-10-12/h4-5,11-12,15-16H,3,6-10H2,1-2H3. The van der Waals surface area contributed by atoms with Crippen molar-refractivity contribution in [1.82, 2.24) is 10.0 Å². The summed E-state index contributed by atoms with van der Waals surface area (Å²) < 4.78 is 33.2. The van der Waals surface area contributed by atoms with Gasteiger partial charge in [0.25, 0.3) is 0 Å². The third kappa shape index (κ3) is 4.75. The molecule has 0 amide bonds. The van der Waals surface area contributed by atoms with Crippen LogP contribution in [0.3, 0.4) is 0 Å². The molecule has 0 saturated carbocycles. The summed E-state index contributed by atoms with van der Waals surface area (Å²) in [6.45, 7) is 7.05. The lowest BCUT2D eigenvalue weighted by atomic mass is 10.0. The maximum absolute atomic E-state index is 12.4. The molecule has 120 valence electrons. The van der Waals surface area contributed by atoms with Gasteiger partial charge in [0.15, 0.2) is 0 Å². The van der Waals surface area contributed by atoms with E-state index in [-0.39, 0.29) is 12.0 Å². The Labute approximate surface area is 131 Å². The van der Waals surface area contributed by atoms with Gasteiger partial charge in [-0.1, -0.05) is 6.92 Å². The molecular weight excluding hydrogens is 308 g/mol. The predicted molar refractivity (Wildman–Crippen MR) is 85.0 cm³/mol. The smallest absolute Gasteiger partial charge is 0.250 e. The van der Waals surface area contributed by atoms with Crippen LogP contribution in [0.25, 0.3) is 0 Å². The van der Waals surface area contributed by atoms with Crippen molar-refractivity contribution >= 4 is 21.4 Å². The Morgan fingerprint density at radius 1 is 1.48 bits per heavy atom. The molecule has 5 nitrogen and oxygen atoms in total. The minimum absolute atomic E-state index is 0.0960. The van der Waals surface area contributed by atoms with Crippen LogP contribution in [0.5, 0.6) is 0 Å². The van der Waals surface area contributed by atoms with Gasteiger partial charge in [-0.15, -0.1) is 11.3 Å². The van der Waals surface area contributed by atoms with Gasteiger partial charge in [-0.05, 0) is 38.4 Å². The molecule has 2 heterocycles. The van der Waals surface area contributed by atoms with Gasteiger partial charge in [0, 0.05) is 30.0 Å². The first-order chi connectivity index (χ1) is 10.0. The SMILES string of the molecule is CCCNCc1ccc(S(=O)(=O)NC(C)C2CCOC2)s1. The Balaban J connectivity index is 1.95. The first-order valence-electron chi connectivity index (χ1n) is 7.42. The number of sulfonamides is 1. The largest absolute Gasteiger partial charge is 0.381 e. The summed E-state index contributed by atoms with van der Waals surface area (Å²) in [5.41, 5.74) is 0. The number of nitrogens with one attached hydrogen (secondary N) is 2. The summed E-state index contributed by atoms with van der Waals surface area (Å²) in [6.07, 6.45) is 1.99. The topological polar surface area (TPSA) is 67.4 Å². The van der Waals surface area contributed by atoms with Crippen molar-refractivity contribution < 1.29 is 13.2 Å². The third-order valence-corrected chi connectivity index (χ3v) is 6.78. The second-order valence-electron chi connectivity index (χ2n) is 5.43. The fourth-order valence-corrected chi connectivity index (χ4v) is 4.99. The van der Waals surface area contributed by atoms with Crippen LogP contribution >= 0.6 is 11.3 Å². The third-order valence-electron chi connectivity index (χ3n) is 3.64. The molecule has 1 fully saturated rings. The zero-order valence-electron chi connectivity index (χ0n) is 12.6. The van der Waals surface area contributed by atoms with E-state index < -0.39 is 10.0 Å². The molecule has 1 aromatic rings. The van der Waals surface area contributed by atoms with E-state index in [2.05, 4.69) is 17.0 Å². The first kappa shape index (κ1) is 16.9. The van der Waals surface area contributed by atoms with E-state index in [1.54, 1.807) is 6.07 Å². The minimum Gasteiger partial charge on any atom is -0.381 e. The summed E-state index contributed by atoms with van der Waals surface area (Å²) >= 11 is 1.33. The highest BCUT2D eigenvalue weighted by molar-refractivity contribution is 7.91. The minimum atomic E-state index is -3.42. The van der Waals surface area contributed by atoms with Crippen molar-refractivity contribution in [2.24, 2.45) is 5.92 Å². The highest BCUT2D eigenvalue weighted by Gasteiger charge is 2.27. The highest BCUT2D eigenvalue weighted by Crippen LogP contribution is 2.23.